The van der Waals surface area contributed by atoms with Crippen LogP contribution in [0.15, 0.2) is 60.8 Å². The molecule has 0 bridgehead atoms. The molecule has 0 atom stereocenters. The van der Waals surface area contributed by atoms with Crippen molar-refractivity contribution in [3.05, 3.63) is 66.4 Å². The van der Waals surface area contributed by atoms with E-state index in [0.717, 1.165) is 44.8 Å². The van der Waals surface area contributed by atoms with Crippen LogP contribution in [-0.4, -0.2) is 59.9 Å². The highest BCUT2D eigenvalue weighted by Crippen LogP contribution is 2.21. The van der Waals surface area contributed by atoms with E-state index in [9.17, 15) is 0 Å². The summed E-state index contributed by atoms with van der Waals surface area (Å²) in [6.07, 6.45) is 2.55. The number of hydrogen-bond acceptors (Lipinski definition) is 7. The number of nitrogens with zero attached hydrogens (tertiary/aromatic N) is 5. The quantitative estimate of drug-likeness (QED) is 0.644. The van der Waals surface area contributed by atoms with Gasteiger partial charge in [-0.25, -0.2) is 0 Å². The predicted octanol–water partition coefficient (Wildman–Crippen LogP) is 3.02. The molecule has 0 unspecified atom stereocenters. The standard InChI is InChI=1S/C22H27N7/c1-28-13-15-29(16-14-28)20-9-7-19(8-10-20)25-21-17-24-27-22(26-21)23-12-11-18-5-3-2-4-6-18/h2-10,17H,11-16H2,1H3,(H2,23,25,26,27). The molecule has 7 nitrogen and oxygen atoms in total. The maximum absolute atomic E-state index is 4.51. The topological polar surface area (TPSA) is 69.2 Å². The molecule has 1 fully saturated rings. The van der Waals surface area contributed by atoms with Gasteiger partial charge >= 0.3 is 0 Å². The van der Waals surface area contributed by atoms with E-state index in [1.54, 1.807) is 6.20 Å². The lowest BCUT2D eigenvalue weighted by Crippen LogP contribution is -2.44. The second-order valence-electron chi connectivity index (χ2n) is 7.29. The summed E-state index contributed by atoms with van der Waals surface area (Å²) in [5, 5.41) is 14.7. The third-order valence-corrected chi connectivity index (χ3v) is 5.11. The van der Waals surface area contributed by atoms with Gasteiger partial charge in [-0.2, -0.15) is 10.1 Å². The molecule has 7 heteroatoms. The van der Waals surface area contributed by atoms with Crippen LogP contribution in [0.1, 0.15) is 5.56 Å². The van der Waals surface area contributed by atoms with Crippen LogP contribution in [0, 0.1) is 0 Å². The number of hydrogen-bond donors (Lipinski definition) is 2. The van der Waals surface area contributed by atoms with Gasteiger partial charge in [-0.05, 0) is 43.3 Å². The van der Waals surface area contributed by atoms with Crippen molar-refractivity contribution < 1.29 is 0 Å². The van der Waals surface area contributed by atoms with Crippen molar-refractivity contribution >= 4 is 23.1 Å². The molecule has 0 spiro atoms. The fraction of sp³-hybridized carbons (Fsp3) is 0.318. The van der Waals surface area contributed by atoms with E-state index in [0.29, 0.717) is 11.8 Å². The van der Waals surface area contributed by atoms with Crippen molar-refractivity contribution in [1.29, 1.82) is 0 Å². The van der Waals surface area contributed by atoms with Gasteiger partial charge in [-0.15, -0.1) is 5.10 Å². The summed E-state index contributed by atoms with van der Waals surface area (Å²) in [5.74, 6) is 1.20. The van der Waals surface area contributed by atoms with Gasteiger partial charge in [0.15, 0.2) is 5.82 Å². The summed E-state index contributed by atoms with van der Waals surface area (Å²) in [5.41, 5.74) is 3.52. The van der Waals surface area contributed by atoms with Crippen molar-refractivity contribution in [1.82, 2.24) is 20.1 Å². The van der Waals surface area contributed by atoms with Crippen LogP contribution in [-0.2, 0) is 6.42 Å². The van der Waals surface area contributed by atoms with E-state index >= 15 is 0 Å². The number of nitrogens with one attached hydrogen (secondary N) is 2. The van der Waals surface area contributed by atoms with Crippen molar-refractivity contribution in [3.8, 4) is 0 Å². The van der Waals surface area contributed by atoms with Gasteiger partial charge < -0.3 is 20.4 Å². The molecule has 2 heterocycles. The molecule has 0 amide bonds. The van der Waals surface area contributed by atoms with Crippen LogP contribution in [0.5, 0.6) is 0 Å². The molecule has 0 saturated carbocycles. The number of aromatic nitrogens is 3. The molecule has 4 rings (SSSR count). The molecule has 1 aliphatic heterocycles. The van der Waals surface area contributed by atoms with Gasteiger partial charge in [0.2, 0.25) is 5.95 Å². The third kappa shape index (κ3) is 5.42. The highest BCUT2D eigenvalue weighted by molar-refractivity contribution is 5.61. The maximum Gasteiger partial charge on any atom is 0.244 e. The molecule has 0 radical (unpaired) electrons. The largest absolute Gasteiger partial charge is 0.369 e. The molecule has 1 saturated heterocycles. The highest BCUT2D eigenvalue weighted by atomic mass is 15.3. The summed E-state index contributed by atoms with van der Waals surface area (Å²) in [6, 6.07) is 18.8. The summed E-state index contributed by atoms with van der Waals surface area (Å²) in [6.45, 7) is 5.10. The van der Waals surface area contributed by atoms with Gasteiger partial charge in [0, 0.05) is 44.1 Å². The van der Waals surface area contributed by atoms with E-state index in [4.69, 9.17) is 0 Å². The molecule has 2 aromatic carbocycles. The molecular formula is C22H27N7. The Kier molecular flexibility index (Phi) is 6.16. The minimum atomic E-state index is 0.528. The molecule has 29 heavy (non-hydrogen) atoms. The van der Waals surface area contributed by atoms with Gasteiger partial charge in [0.25, 0.3) is 0 Å². The number of anilines is 4. The molecule has 1 aromatic heterocycles. The van der Waals surface area contributed by atoms with Crippen LogP contribution in [0.2, 0.25) is 0 Å². The van der Waals surface area contributed by atoms with E-state index in [1.807, 2.05) is 18.2 Å². The molecule has 1 aliphatic rings. The summed E-state index contributed by atoms with van der Waals surface area (Å²) in [4.78, 5) is 9.29. The second-order valence-corrected chi connectivity index (χ2v) is 7.29. The molecule has 2 N–H and O–H groups in total. The maximum atomic E-state index is 4.51. The smallest absolute Gasteiger partial charge is 0.244 e. The van der Waals surface area contributed by atoms with Gasteiger partial charge in [-0.1, -0.05) is 30.3 Å². The zero-order chi connectivity index (χ0) is 19.9. The van der Waals surface area contributed by atoms with Crippen LogP contribution in [0.4, 0.5) is 23.1 Å². The Balaban J connectivity index is 1.31. The van der Waals surface area contributed by atoms with E-state index in [-0.39, 0.29) is 0 Å². The normalized spacial score (nSPS) is 14.6. The van der Waals surface area contributed by atoms with Gasteiger partial charge in [0.1, 0.15) is 0 Å². The first-order chi connectivity index (χ1) is 14.3. The lowest BCUT2D eigenvalue weighted by Gasteiger charge is -2.34. The van der Waals surface area contributed by atoms with E-state index in [1.165, 1.54) is 11.3 Å². The fourth-order valence-corrected chi connectivity index (χ4v) is 3.37. The first-order valence-electron chi connectivity index (χ1n) is 10.0. The Bertz CT molecular complexity index is 891. The number of benzene rings is 2. The fourth-order valence-electron chi connectivity index (χ4n) is 3.37. The second kappa shape index (κ2) is 9.34. The monoisotopic (exact) mass is 389 g/mol. The summed E-state index contributed by atoms with van der Waals surface area (Å²) in [7, 11) is 2.17. The average molecular weight is 390 g/mol. The SMILES string of the molecule is CN1CCN(c2ccc(Nc3cnnc(NCCc4ccccc4)n3)cc2)CC1. The Morgan fingerprint density at radius 1 is 0.931 bits per heavy atom. The molecular weight excluding hydrogens is 362 g/mol. The Labute approximate surface area is 171 Å². The predicted molar refractivity (Wildman–Crippen MR) is 118 cm³/mol. The Hall–Kier alpha value is -3.19. The van der Waals surface area contributed by atoms with Crippen molar-refractivity contribution in [2.75, 3.05) is 55.3 Å². The van der Waals surface area contributed by atoms with Crippen molar-refractivity contribution in [2.24, 2.45) is 0 Å². The van der Waals surface area contributed by atoms with Crippen molar-refractivity contribution in [3.63, 3.8) is 0 Å². The lowest BCUT2D eigenvalue weighted by atomic mass is 10.1. The summed E-state index contributed by atoms with van der Waals surface area (Å²) >= 11 is 0. The van der Waals surface area contributed by atoms with Crippen LogP contribution < -0.4 is 15.5 Å². The zero-order valence-corrected chi connectivity index (χ0v) is 16.8. The van der Waals surface area contributed by atoms with Crippen LogP contribution in [0.25, 0.3) is 0 Å². The van der Waals surface area contributed by atoms with Crippen molar-refractivity contribution in [2.45, 2.75) is 6.42 Å². The van der Waals surface area contributed by atoms with Crippen LogP contribution >= 0.6 is 0 Å². The highest BCUT2D eigenvalue weighted by Gasteiger charge is 2.14. The number of piperazine rings is 1. The third-order valence-electron chi connectivity index (χ3n) is 5.11. The Morgan fingerprint density at radius 3 is 2.45 bits per heavy atom. The van der Waals surface area contributed by atoms with E-state index in [2.05, 4.69) is 79.1 Å². The number of likely N-dealkylation sites (N-methyl/N-ethyl adjacent to an activating group) is 1. The van der Waals surface area contributed by atoms with E-state index < -0.39 is 0 Å². The molecule has 0 aliphatic carbocycles. The molecule has 150 valence electrons. The minimum absolute atomic E-state index is 0.528. The lowest BCUT2D eigenvalue weighted by molar-refractivity contribution is 0.313. The molecule has 3 aromatic rings. The summed E-state index contributed by atoms with van der Waals surface area (Å²) < 4.78 is 0. The average Bonchev–Trinajstić information content (AvgIpc) is 2.76. The number of rotatable bonds is 7. The van der Waals surface area contributed by atoms with Gasteiger partial charge in [0.05, 0.1) is 6.20 Å². The van der Waals surface area contributed by atoms with Crippen LogP contribution in [0.3, 0.4) is 0 Å². The van der Waals surface area contributed by atoms with Gasteiger partial charge in [-0.3, -0.25) is 0 Å². The minimum Gasteiger partial charge on any atom is -0.369 e. The first kappa shape index (κ1) is 19.1. The zero-order valence-electron chi connectivity index (χ0n) is 16.8. The Morgan fingerprint density at radius 2 is 1.69 bits per heavy atom. The first-order valence-corrected chi connectivity index (χ1v) is 10.0.